The van der Waals surface area contributed by atoms with Crippen LogP contribution in [0.4, 0.5) is 11.4 Å². The van der Waals surface area contributed by atoms with Gasteiger partial charge in [-0.1, -0.05) is 30.3 Å². The number of nitrogens with one attached hydrogen (secondary N) is 1. The number of hydrogen-bond acceptors (Lipinski definition) is 5. The number of sulfonamides is 1. The molecule has 0 heterocycles. The number of rotatable bonds is 8. The van der Waals surface area contributed by atoms with Crippen LogP contribution in [0, 0.1) is 13.8 Å². The van der Waals surface area contributed by atoms with Crippen LogP contribution >= 0.6 is 0 Å². The maximum Gasteiger partial charge on any atom is 0.255 e. The van der Waals surface area contributed by atoms with Gasteiger partial charge in [-0.05, 0) is 54.8 Å². The summed E-state index contributed by atoms with van der Waals surface area (Å²) >= 11 is 0. The Morgan fingerprint density at radius 1 is 0.909 bits per heavy atom. The number of hydrogen-bond donors (Lipinski definition) is 1. The Bertz CT molecular complexity index is 1230. The molecule has 0 fully saturated rings. The first-order valence-electron chi connectivity index (χ1n) is 10.3. The summed E-state index contributed by atoms with van der Waals surface area (Å²) in [5.74, 6) is 0.792. The number of para-hydroxylation sites is 1. The van der Waals surface area contributed by atoms with E-state index in [1.54, 1.807) is 49.6 Å². The number of benzene rings is 3. The van der Waals surface area contributed by atoms with Gasteiger partial charge in [0.1, 0.15) is 0 Å². The molecule has 0 aliphatic heterocycles. The lowest BCUT2D eigenvalue weighted by atomic mass is 10.1. The van der Waals surface area contributed by atoms with Gasteiger partial charge in [0.2, 0.25) is 10.0 Å². The lowest BCUT2D eigenvalue weighted by Gasteiger charge is -2.26. The molecular formula is C25H28N2O5S. The molecule has 0 saturated carbocycles. The van der Waals surface area contributed by atoms with Gasteiger partial charge in [-0.15, -0.1) is 0 Å². The molecule has 1 N–H and O–H groups in total. The summed E-state index contributed by atoms with van der Waals surface area (Å²) < 4.78 is 37.0. The van der Waals surface area contributed by atoms with Gasteiger partial charge in [0.15, 0.2) is 11.5 Å². The molecular weight excluding hydrogens is 440 g/mol. The van der Waals surface area contributed by atoms with Crippen LogP contribution in [0.1, 0.15) is 27.0 Å². The van der Waals surface area contributed by atoms with Crippen molar-refractivity contribution in [1.82, 2.24) is 0 Å². The van der Waals surface area contributed by atoms with Crippen LogP contribution in [0.5, 0.6) is 11.5 Å². The Morgan fingerprint density at radius 3 is 2.06 bits per heavy atom. The standard InChI is InChI=1S/C25H28N2O5S/c1-17-7-6-8-18(2)24(17)27(33(5,29)30)16-19-9-11-20(12-10-19)25(28)26-21-13-14-22(31-3)23(15-21)32-4/h6-15H,16H2,1-5H3,(H,26,28). The van der Waals surface area contributed by atoms with Gasteiger partial charge in [-0.3, -0.25) is 9.10 Å². The van der Waals surface area contributed by atoms with Crippen LogP contribution in [0.2, 0.25) is 0 Å². The number of carbonyl (C=O) groups excluding carboxylic acids is 1. The van der Waals surface area contributed by atoms with Crippen LogP contribution in [0.3, 0.4) is 0 Å². The third kappa shape index (κ3) is 5.64. The van der Waals surface area contributed by atoms with Crippen molar-refractivity contribution in [3.05, 3.63) is 82.9 Å². The van der Waals surface area contributed by atoms with Crippen molar-refractivity contribution in [2.75, 3.05) is 30.1 Å². The molecule has 0 spiro atoms. The molecule has 0 radical (unpaired) electrons. The molecule has 0 aliphatic carbocycles. The number of amides is 1. The summed E-state index contributed by atoms with van der Waals surface area (Å²) in [6.45, 7) is 3.95. The van der Waals surface area contributed by atoms with Crippen molar-refractivity contribution >= 4 is 27.3 Å². The zero-order valence-corrected chi connectivity index (χ0v) is 20.2. The topological polar surface area (TPSA) is 84.9 Å². The summed E-state index contributed by atoms with van der Waals surface area (Å²) in [5.41, 5.74) is 4.23. The molecule has 174 valence electrons. The molecule has 0 saturated heterocycles. The van der Waals surface area contributed by atoms with Gasteiger partial charge in [-0.25, -0.2) is 8.42 Å². The van der Waals surface area contributed by atoms with Crippen molar-refractivity contribution in [3.63, 3.8) is 0 Å². The molecule has 1 amide bonds. The predicted octanol–water partition coefficient (Wildman–Crippen LogP) is 4.54. The lowest BCUT2D eigenvalue weighted by Crippen LogP contribution is -2.30. The van der Waals surface area contributed by atoms with Crippen LogP contribution in [0.25, 0.3) is 0 Å². The van der Waals surface area contributed by atoms with Crippen molar-refractivity contribution in [2.45, 2.75) is 20.4 Å². The summed E-state index contributed by atoms with van der Waals surface area (Å²) in [6.07, 6.45) is 1.20. The first kappa shape index (κ1) is 24.1. The first-order valence-corrected chi connectivity index (χ1v) is 12.1. The zero-order valence-electron chi connectivity index (χ0n) is 19.4. The minimum atomic E-state index is -3.51. The van der Waals surface area contributed by atoms with E-state index >= 15 is 0 Å². The van der Waals surface area contributed by atoms with Gasteiger partial charge in [-0.2, -0.15) is 0 Å². The normalized spacial score (nSPS) is 11.1. The van der Waals surface area contributed by atoms with E-state index in [-0.39, 0.29) is 12.5 Å². The largest absolute Gasteiger partial charge is 0.493 e. The second-order valence-corrected chi connectivity index (χ2v) is 9.64. The van der Waals surface area contributed by atoms with Crippen molar-refractivity contribution in [3.8, 4) is 11.5 Å². The Labute approximate surface area is 195 Å². The lowest BCUT2D eigenvalue weighted by molar-refractivity contribution is 0.102. The molecule has 3 rings (SSSR count). The van der Waals surface area contributed by atoms with Gasteiger partial charge in [0.25, 0.3) is 5.91 Å². The summed E-state index contributed by atoms with van der Waals surface area (Å²) in [6, 6.07) is 17.7. The summed E-state index contributed by atoms with van der Waals surface area (Å²) in [5, 5.41) is 2.83. The first-order chi connectivity index (χ1) is 15.6. The third-order valence-electron chi connectivity index (χ3n) is 5.27. The average Bonchev–Trinajstić information content (AvgIpc) is 2.78. The number of aryl methyl sites for hydroxylation is 2. The van der Waals surface area contributed by atoms with E-state index in [2.05, 4.69) is 5.32 Å². The van der Waals surface area contributed by atoms with E-state index in [9.17, 15) is 13.2 Å². The van der Waals surface area contributed by atoms with Gasteiger partial charge in [0.05, 0.1) is 32.7 Å². The molecule has 0 aromatic heterocycles. The maximum absolute atomic E-state index is 12.7. The van der Waals surface area contributed by atoms with Crippen LogP contribution in [-0.2, 0) is 16.6 Å². The fourth-order valence-electron chi connectivity index (χ4n) is 3.61. The van der Waals surface area contributed by atoms with E-state index < -0.39 is 10.0 Å². The number of ether oxygens (including phenoxy) is 2. The molecule has 3 aromatic carbocycles. The summed E-state index contributed by atoms with van der Waals surface area (Å²) in [7, 11) is -0.436. The third-order valence-corrected chi connectivity index (χ3v) is 6.39. The molecule has 3 aromatic rings. The maximum atomic E-state index is 12.7. The van der Waals surface area contributed by atoms with E-state index in [1.165, 1.54) is 17.7 Å². The second kappa shape index (κ2) is 9.95. The van der Waals surface area contributed by atoms with Gasteiger partial charge in [0, 0.05) is 17.3 Å². The van der Waals surface area contributed by atoms with E-state index in [0.717, 1.165) is 16.7 Å². The van der Waals surface area contributed by atoms with Crippen LogP contribution in [-0.4, -0.2) is 34.8 Å². The van der Waals surface area contributed by atoms with E-state index in [1.807, 2.05) is 32.0 Å². The number of carbonyl (C=O) groups is 1. The quantitative estimate of drug-likeness (QED) is 0.525. The number of methoxy groups -OCH3 is 2. The Hall–Kier alpha value is -3.52. The smallest absolute Gasteiger partial charge is 0.255 e. The fraction of sp³-hybridized carbons (Fsp3) is 0.240. The van der Waals surface area contributed by atoms with Crippen molar-refractivity contribution < 1.29 is 22.7 Å². The number of anilines is 2. The van der Waals surface area contributed by atoms with Gasteiger partial charge >= 0.3 is 0 Å². The number of nitrogens with zero attached hydrogens (tertiary/aromatic N) is 1. The Balaban J connectivity index is 1.79. The molecule has 8 heteroatoms. The highest BCUT2D eigenvalue weighted by molar-refractivity contribution is 7.92. The van der Waals surface area contributed by atoms with E-state index in [0.29, 0.717) is 28.4 Å². The Morgan fingerprint density at radius 2 is 1.52 bits per heavy atom. The van der Waals surface area contributed by atoms with Crippen molar-refractivity contribution in [2.24, 2.45) is 0 Å². The molecule has 0 atom stereocenters. The van der Waals surface area contributed by atoms with Crippen molar-refractivity contribution in [1.29, 1.82) is 0 Å². The molecule has 7 nitrogen and oxygen atoms in total. The SMILES string of the molecule is COc1ccc(NC(=O)c2ccc(CN(c3c(C)cccc3C)S(C)(=O)=O)cc2)cc1OC. The molecule has 33 heavy (non-hydrogen) atoms. The molecule has 0 bridgehead atoms. The highest BCUT2D eigenvalue weighted by Crippen LogP contribution is 2.30. The molecule has 0 aliphatic rings. The van der Waals surface area contributed by atoms with E-state index in [4.69, 9.17) is 9.47 Å². The average molecular weight is 469 g/mol. The minimum Gasteiger partial charge on any atom is -0.493 e. The zero-order chi connectivity index (χ0) is 24.2. The van der Waals surface area contributed by atoms with Crippen LogP contribution < -0.4 is 19.1 Å². The Kier molecular flexibility index (Phi) is 7.28. The second-order valence-electron chi connectivity index (χ2n) is 7.73. The minimum absolute atomic E-state index is 0.169. The van der Waals surface area contributed by atoms with Crippen LogP contribution in [0.15, 0.2) is 60.7 Å². The highest BCUT2D eigenvalue weighted by atomic mass is 32.2. The summed E-state index contributed by atoms with van der Waals surface area (Å²) in [4.78, 5) is 12.7. The monoisotopic (exact) mass is 468 g/mol. The van der Waals surface area contributed by atoms with Gasteiger partial charge < -0.3 is 14.8 Å². The highest BCUT2D eigenvalue weighted by Gasteiger charge is 2.21. The fourth-order valence-corrected chi connectivity index (χ4v) is 4.61. The predicted molar refractivity (Wildman–Crippen MR) is 131 cm³/mol. The molecule has 0 unspecified atom stereocenters.